The van der Waals surface area contributed by atoms with Crippen molar-refractivity contribution in [3.63, 3.8) is 0 Å². The van der Waals surface area contributed by atoms with Gasteiger partial charge in [0.1, 0.15) is 0 Å². The van der Waals surface area contributed by atoms with Crippen molar-refractivity contribution in [1.29, 1.82) is 0 Å². The number of aromatic nitrogens is 2. The highest BCUT2D eigenvalue weighted by Gasteiger charge is 2.31. The van der Waals surface area contributed by atoms with Gasteiger partial charge in [-0.25, -0.2) is 4.98 Å². The molecule has 0 bridgehead atoms. The number of alkyl halides is 3. The molecule has 2 heterocycles. The number of carbonyl (C=O) groups excluding carboxylic acids is 1. The molecule has 0 radical (unpaired) electrons. The number of halogens is 3. The highest BCUT2D eigenvalue weighted by atomic mass is 19.4. The lowest BCUT2D eigenvalue weighted by Crippen LogP contribution is -2.38. The molecule has 1 unspecified atom stereocenters. The summed E-state index contributed by atoms with van der Waals surface area (Å²) in [5.74, 6) is 0.271. The first-order chi connectivity index (χ1) is 11.8. The van der Waals surface area contributed by atoms with E-state index in [-0.39, 0.29) is 11.7 Å². The zero-order valence-corrected chi connectivity index (χ0v) is 14.0. The van der Waals surface area contributed by atoms with Gasteiger partial charge in [0, 0.05) is 38.4 Å². The van der Waals surface area contributed by atoms with Crippen molar-refractivity contribution in [2.24, 2.45) is 13.0 Å². The quantitative estimate of drug-likeness (QED) is 0.791. The van der Waals surface area contributed by atoms with E-state index in [2.05, 4.69) is 4.98 Å². The molecule has 1 aliphatic heterocycles. The average Bonchev–Trinajstić information content (AvgIpc) is 3.00. The Morgan fingerprint density at radius 1 is 1.36 bits per heavy atom. The minimum absolute atomic E-state index is 0.00115. The molecule has 1 aromatic heterocycles. The van der Waals surface area contributed by atoms with E-state index in [9.17, 15) is 18.0 Å². The summed E-state index contributed by atoms with van der Waals surface area (Å²) in [5, 5.41) is 0. The van der Waals surface area contributed by atoms with Gasteiger partial charge >= 0.3 is 6.18 Å². The molecular formula is C18H20F3N3O. The molecule has 134 valence electrons. The second-order valence-electron chi connectivity index (χ2n) is 6.50. The van der Waals surface area contributed by atoms with Crippen molar-refractivity contribution in [1.82, 2.24) is 14.5 Å². The van der Waals surface area contributed by atoms with Crippen molar-refractivity contribution in [2.75, 3.05) is 13.1 Å². The van der Waals surface area contributed by atoms with Crippen molar-refractivity contribution in [3.05, 3.63) is 53.6 Å². The van der Waals surface area contributed by atoms with Crippen molar-refractivity contribution in [2.45, 2.75) is 25.6 Å². The zero-order chi connectivity index (χ0) is 18.0. The van der Waals surface area contributed by atoms with Gasteiger partial charge in [0.25, 0.3) is 0 Å². The first kappa shape index (κ1) is 17.7. The Morgan fingerprint density at radius 2 is 2.16 bits per heavy atom. The van der Waals surface area contributed by atoms with Crippen molar-refractivity contribution < 1.29 is 18.0 Å². The molecule has 4 nitrogen and oxygen atoms in total. The van der Waals surface area contributed by atoms with Gasteiger partial charge in [-0.2, -0.15) is 13.2 Å². The SMILES string of the molecule is Cn1ccnc1C(=O)C1CCCN(Cc2cccc(C(F)(F)F)c2)C1. The van der Waals surface area contributed by atoms with Gasteiger partial charge in [0.15, 0.2) is 5.82 Å². The van der Waals surface area contributed by atoms with Crippen LogP contribution in [0.5, 0.6) is 0 Å². The molecule has 25 heavy (non-hydrogen) atoms. The number of rotatable bonds is 4. The molecular weight excluding hydrogens is 331 g/mol. The van der Waals surface area contributed by atoms with E-state index in [1.165, 1.54) is 12.1 Å². The third kappa shape index (κ3) is 4.10. The van der Waals surface area contributed by atoms with E-state index >= 15 is 0 Å². The normalized spacial score (nSPS) is 19.1. The summed E-state index contributed by atoms with van der Waals surface area (Å²) in [5.41, 5.74) is -0.0254. The monoisotopic (exact) mass is 351 g/mol. The van der Waals surface area contributed by atoms with Crippen LogP contribution >= 0.6 is 0 Å². The minimum atomic E-state index is -4.34. The maximum absolute atomic E-state index is 12.8. The molecule has 1 atom stereocenters. The number of benzene rings is 1. The Morgan fingerprint density at radius 3 is 2.84 bits per heavy atom. The summed E-state index contributed by atoms with van der Waals surface area (Å²) < 4.78 is 40.2. The van der Waals surface area contributed by atoms with Crippen LogP contribution in [-0.2, 0) is 19.8 Å². The van der Waals surface area contributed by atoms with Crippen LogP contribution in [0.4, 0.5) is 13.2 Å². The molecule has 0 spiro atoms. The number of hydrogen-bond donors (Lipinski definition) is 0. The van der Waals surface area contributed by atoms with E-state index in [4.69, 9.17) is 0 Å². The molecule has 0 saturated carbocycles. The summed E-state index contributed by atoms with van der Waals surface area (Å²) in [6.45, 7) is 1.73. The Bertz CT molecular complexity index is 754. The molecule has 1 aromatic carbocycles. The largest absolute Gasteiger partial charge is 0.416 e. The van der Waals surface area contributed by atoms with Gasteiger partial charge in [-0.15, -0.1) is 0 Å². The molecule has 1 saturated heterocycles. The zero-order valence-electron chi connectivity index (χ0n) is 14.0. The van der Waals surface area contributed by atoms with Crippen LogP contribution in [0.15, 0.2) is 36.7 Å². The number of carbonyl (C=O) groups is 1. The van der Waals surface area contributed by atoms with Crippen LogP contribution in [0.1, 0.15) is 34.6 Å². The third-order valence-corrected chi connectivity index (χ3v) is 4.58. The van der Waals surface area contributed by atoms with Gasteiger partial charge in [-0.05, 0) is 31.0 Å². The average molecular weight is 351 g/mol. The molecule has 1 aliphatic rings. The minimum Gasteiger partial charge on any atom is -0.332 e. The van der Waals surface area contributed by atoms with Crippen LogP contribution in [-0.4, -0.2) is 33.3 Å². The maximum Gasteiger partial charge on any atom is 0.416 e. The van der Waals surface area contributed by atoms with E-state index in [0.29, 0.717) is 24.5 Å². The predicted molar refractivity (Wildman–Crippen MR) is 87.0 cm³/mol. The standard InChI is InChI=1S/C18H20F3N3O/c1-23-9-7-22-17(23)16(25)14-5-3-8-24(12-14)11-13-4-2-6-15(10-13)18(19,20)21/h2,4,6-7,9-10,14H,3,5,8,11-12H2,1H3. The fourth-order valence-corrected chi connectivity index (χ4v) is 3.30. The maximum atomic E-state index is 12.8. The number of ketones is 1. The number of Topliss-reactive ketones (excluding diaryl/α,β-unsaturated/α-hetero) is 1. The number of aryl methyl sites for hydroxylation is 1. The molecule has 1 fully saturated rings. The molecule has 3 rings (SSSR count). The fraction of sp³-hybridized carbons (Fsp3) is 0.444. The molecule has 0 aliphatic carbocycles. The van der Waals surface area contributed by atoms with Gasteiger partial charge in [0.05, 0.1) is 5.56 Å². The number of hydrogen-bond acceptors (Lipinski definition) is 3. The highest BCUT2D eigenvalue weighted by Crippen LogP contribution is 2.30. The first-order valence-electron chi connectivity index (χ1n) is 8.24. The molecule has 0 amide bonds. The Kier molecular flexibility index (Phi) is 4.94. The van der Waals surface area contributed by atoms with Gasteiger partial charge < -0.3 is 4.57 Å². The van der Waals surface area contributed by atoms with E-state index in [1.54, 1.807) is 30.1 Å². The Labute approximate surface area is 144 Å². The number of nitrogens with zero attached hydrogens (tertiary/aromatic N) is 3. The fourth-order valence-electron chi connectivity index (χ4n) is 3.30. The van der Waals surface area contributed by atoms with E-state index < -0.39 is 11.7 Å². The number of imidazole rings is 1. The third-order valence-electron chi connectivity index (χ3n) is 4.58. The lowest BCUT2D eigenvalue weighted by Gasteiger charge is -2.31. The molecule has 0 N–H and O–H groups in total. The highest BCUT2D eigenvalue weighted by molar-refractivity contribution is 5.94. The Hall–Kier alpha value is -2.15. The lowest BCUT2D eigenvalue weighted by atomic mass is 9.93. The van der Waals surface area contributed by atoms with E-state index in [0.717, 1.165) is 25.5 Å². The summed E-state index contributed by atoms with van der Waals surface area (Å²) in [4.78, 5) is 18.8. The van der Waals surface area contributed by atoms with Crippen LogP contribution in [0, 0.1) is 5.92 Å². The molecule has 7 heteroatoms. The van der Waals surface area contributed by atoms with Crippen LogP contribution in [0.25, 0.3) is 0 Å². The summed E-state index contributed by atoms with van der Waals surface area (Å²) in [6.07, 6.45) is 0.617. The van der Waals surface area contributed by atoms with Gasteiger partial charge in [-0.1, -0.05) is 18.2 Å². The van der Waals surface area contributed by atoms with Gasteiger partial charge in [0.2, 0.25) is 5.78 Å². The van der Waals surface area contributed by atoms with Gasteiger partial charge in [-0.3, -0.25) is 9.69 Å². The summed E-state index contributed by atoms with van der Waals surface area (Å²) in [6, 6.07) is 5.38. The van der Waals surface area contributed by atoms with Crippen LogP contribution in [0.2, 0.25) is 0 Å². The van der Waals surface area contributed by atoms with Crippen LogP contribution in [0.3, 0.4) is 0 Å². The Balaban J connectivity index is 1.68. The predicted octanol–water partition coefficient (Wildman–Crippen LogP) is 3.53. The number of likely N-dealkylation sites (tertiary alicyclic amines) is 1. The summed E-state index contributed by atoms with van der Waals surface area (Å²) >= 11 is 0. The summed E-state index contributed by atoms with van der Waals surface area (Å²) in [7, 11) is 1.78. The first-order valence-corrected chi connectivity index (χ1v) is 8.24. The second kappa shape index (κ2) is 7.00. The van der Waals surface area contributed by atoms with Crippen molar-refractivity contribution in [3.8, 4) is 0 Å². The van der Waals surface area contributed by atoms with E-state index in [1.807, 2.05) is 4.90 Å². The smallest absolute Gasteiger partial charge is 0.332 e. The lowest BCUT2D eigenvalue weighted by molar-refractivity contribution is -0.137. The molecule has 2 aromatic rings. The van der Waals surface area contributed by atoms with Crippen LogP contribution < -0.4 is 0 Å². The van der Waals surface area contributed by atoms with Crippen molar-refractivity contribution >= 4 is 5.78 Å². The number of piperidine rings is 1. The topological polar surface area (TPSA) is 38.1 Å². The second-order valence-corrected chi connectivity index (χ2v) is 6.50.